The number of nitrogens with zero attached hydrogens (tertiary/aromatic N) is 3. The first kappa shape index (κ1) is 18.9. The lowest BCUT2D eigenvalue weighted by molar-refractivity contribution is -0.121. The zero-order chi connectivity index (χ0) is 20.2. The van der Waals surface area contributed by atoms with Crippen molar-refractivity contribution in [3.05, 3.63) is 66.0 Å². The summed E-state index contributed by atoms with van der Waals surface area (Å²) in [4.78, 5) is 31.6. The van der Waals surface area contributed by atoms with Gasteiger partial charge in [-0.3, -0.25) is 19.7 Å². The molecule has 0 unspecified atom stereocenters. The van der Waals surface area contributed by atoms with E-state index in [4.69, 9.17) is 0 Å². The second-order valence-corrected chi connectivity index (χ2v) is 7.33. The summed E-state index contributed by atoms with van der Waals surface area (Å²) in [6.45, 7) is 3.03. The molecule has 0 spiro atoms. The van der Waals surface area contributed by atoms with Crippen molar-refractivity contribution in [2.75, 3.05) is 18.4 Å². The first-order chi connectivity index (χ1) is 14.1. The van der Waals surface area contributed by atoms with E-state index in [1.165, 1.54) is 0 Å². The molecule has 2 aromatic heterocycles. The number of aromatic nitrogens is 3. The summed E-state index contributed by atoms with van der Waals surface area (Å²) in [6, 6.07) is 15.0. The van der Waals surface area contributed by atoms with E-state index in [1.54, 1.807) is 17.2 Å². The third kappa shape index (κ3) is 4.34. The molecular weight excluding hydrogens is 366 g/mol. The molecule has 3 aromatic rings. The number of rotatable bonds is 4. The molecule has 0 bridgehead atoms. The van der Waals surface area contributed by atoms with Crippen LogP contribution in [0.2, 0.25) is 0 Å². The van der Waals surface area contributed by atoms with Crippen LogP contribution in [0.5, 0.6) is 0 Å². The summed E-state index contributed by atoms with van der Waals surface area (Å²) in [5.41, 5.74) is 3.65. The highest BCUT2D eigenvalue weighted by Gasteiger charge is 2.29. The number of carbonyl (C=O) groups excluding carboxylic acids is 2. The monoisotopic (exact) mass is 389 g/mol. The van der Waals surface area contributed by atoms with Crippen molar-refractivity contribution in [2.45, 2.75) is 19.8 Å². The van der Waals surface area contributed by atoms with Gasteiger partial charge in [-0.15, -0.1) is 0 Å². The van der Waals surface area contributed by atoms with Crippen LogP contribution in [-0.4, -0.2) is 45.0 Å². The number of nitrogens with one attached hydrogen (secondary N) is 2. The molecule has 1 atom stereocenters. The van der Waals surface area contributed by atoms with Crippen molar-refractivity contribution in [3.8, 4) is 11.4 Å². The van der Waals surface area contributed by atoms with Gasteiger partial charge in [0.05, 0.1) is 11.6 Å². The Morgan fingerprint density at radius 2 is 1.97 bits per heavy atom. The van der Waals surface area contributed by atoms with Gasteiger partial charge in [-0.25, -0.2) is 0 Å². The quantitative estimate of drug-likeness (QED) is 0.716. The number of aromatic amines is 1. The number of pyridine rings is 1. The topological polar surface area (TPSA) is 91.0 Å². The fraction of sp³-hybridized carbons (Fsp3) is 0.273. The second-order valence-electron chi connectivity index (χ2n) is 7.33. The Bertz CT molecular complexity index is 998. The molecule has 3 heterocycles. The molecule has 0 aliphatic carbocycles. The molecule has 1 aliphatic heterocycles. The number of likely N-dealkylation sites (tertiary alicyclic amines) is 1. The minimum atomic E-state index is -0.229. The molecule has 1 aromatic carbocycles. The zero-order valence-electron chi connectivity index (χ0n) is 16.3. The summed E-state index contributed by atoms with van der Waals surface area (Å²) in [6.07, 6.45) is 3.25. The number of H-pyrrole nitrogens is 1. The predicted molar refractivity (Wildman–Crippen MR) is 110 cm³/mol. The van der Waals surface area contributed by atoms with Gasteiger partial charge < -0.3 is 10.2 Å². The summed E-state index contributed by atoms with van der Waals surface area (Å²) >= 11 is 0. The molecule has 1 fully saturated rings. The van der Waals surface area contributed by atoms with Gasteiger partial charge >= 0.3 is 0 Å². The molecule has 4 rings (SSSR count). The summed E-state index contributed by atoms with van der Waals surface area (Å²) < 4.78 is 0. The second kappa shape index (κ2) is 8.26. The minimum Gasteiger partial charge on any atom is -0.337 e. The molecule has 1 aliphatic rings. The van der Waals surface area contributed by atoms with Gasteiger partial charge in [-0.05, 0) is 50.1 Å². The van der Waals surface area contributed by atoms with Crippen molar-refractivity contribution in [2.24, 2.45) is 5.92 Å². The number of hydrogen-bond acceptors (Lipinski definition) is 4. The van der Waals surface area contributed by atoms with Crippen LogP contribution < -0.4 is 5.32 Å². The average molecular weight is 389 g/mol. The lowest BCUT2D eigenvalue weighted by atomic mass is 9.96. The van der Waals surface area contributed by atoms with Crippen molar-refractivity contribution in [1.29, 1.82) is 0 Å². The van der Waals surface area contributed by atoms with Gasteiger partial charge in [0.15, 0.2) is 0 Å². The van der Waals surface area contributed by atoms with Crippen LogP contribution in [0.25, 0.3) is 11.4 Å². The third-order valence-electron chi connectivity index (χ3n) is 5.13. The summed E-state index contributed by atoms with van der Waals surface area (Å²) in [7, 11) is 0. The Hall–Kier alpha value is -3.48. The van der Waals surface area contributed by atoms with Crippen LogP contribution in [0, 0.1) is 12.8 Å². The fourth-order valence-corrected chi connectivity index (χ4v) is 3.50. The van der Waals surface area contributed by atoms with E-state index in [0.29, 0.717) is 30.2 Å². The van der Waals surface area contributed by atoms with E-state index in [0.717, 1.165) is 24.1 Å². The van der Waals surface area contributed by atoms with Crippen molar-refractivity contribution < 1.29 is 9.59 Å². The van der Waals surface area contributed by atoms with Crippen LogP contribution in [-0.2, 0) is 4.79 Å². The molecule has 2 N–H and O–H groups in total. The number of piperidine rings is 1. The molecule has 7 heteroatoms. The Balaban J connectivity index is 1.41. The van der Waals surface area contributed by atoms with E-state index < -0.39 is 0 Å². The number of amides is 2. The molecule has 29 heavy (non-hydrogen) atoms. The number of carbonyl (C=O) groups is 2. The zero-order valence-corrected chi connectivity index (χ0v) is 16.3. The first-order valence-corrected chi connectivity index (χ1v) is 9.74. The average Bonchev–Trinajstić information content (AvgIpc) is 3.26. The van der Waals surface area contributed by atoms with Gasteiger partial charge in [-0.2, -0.15) is 5.10 Å². The highest BCUT2D eigenvalue weighted by molar-refractivity contribution is 5.95. The molecule has 2 amide bonds. The molecule has 0 saturated carbocycles. The molecule has 1 saturated heterocycles. The molecule has 0 radical (unpaired) electrons. The largest absolute Gasteiger partial charge is 0.337 e. The first-order valence-electron chi connectivity index (χ1n) is 9.74. The number of anilines is 1. The Kier molecular flexibility index (Phi) is 5.37. The molecule has 7 nitrogen and oxygen atoms in total. The highest BCUT2D eigenvalue weighted by Crippen LogP contribution is 2.22. The molecule has 148 valence electrons. The van der Waals surface area contributed by atoms with Crippen LogP contribution in [0.4, 0.5) is 5.69 Å². The Morgan fingerprint density at radius 3 is 2.72 bits per heavy atom. The van der Waals surface area contributed by atoms with Gasteiger partial charge in [0.1, 0.15) is 11.4 Å². The third-order valence-corrected chi connectivity index (χ3v) is 5.13. The van der Waals surface area contributed by atoms with Crippen LogP contribution in [0.3, 0.4) is 0 Å². The van der Waals surface area contributed by atoms with Crippen LogP contribution in [0.1, 0.15) is 28.9 Å². The number of benzene rings is 1. The number of hydrogen-bond donors (Lipinski definition) is 2. The van der Waals surface area contributed by atoms with Crippen LogP contribution >= 0.6 is 0 Å². The Labute approximate surface area is 169 Å². The maximum atomic E-state index is 12.9. The van der Waals surface area contributed by atoms with E-state index in [-0.39, 0.29) is 17.7 Å². The lowest BCUT2D eigenvalue weighted by Gasteiger charge is -2.31. The van der Waals surface area contributed by atoms with Crippen LogP contribution in [0.15, 0.2) is 54.7 Å². The minimum absolute atomic E-state index is 0.0508. The van der Waals surface area contributed by atoms with Gasteiger partial charge in [0.25, 0.3) is 5.91 Å². The van der Waals surface area contributed by atoms with E-state index in [2.05, 4.69) is 20.5 Å². The Morgan fingerprint density at radius 1 is 1.14 bits per heavy atom. The van der Waals surface area contributed by atoms with Gasteiger partial charge in [0, 0.05) is 25.0 Å². The highest BCUT2D eigenvalue weighted by atomic mass is 16.2. The van der Waals surface area contributed by atoms with Gasteiger partial charge in [0.2, 0.25) is 5.91 Å². The maximum absolute atomic E-state index is 12.9. The number of aryl methyl sites for hydroxylation is 1. The van der Waals surface area contributed by atoms with Crippen molar-refractivity contribution in [1.82, 2.24) is 20.1 Å². The van der Waals surface area contributed by atoms with E-state index in [1.807, 2.05) is 49.4 Å². The normalized spacial score (nSPS) is 16.4. The molecular formula is C22H23N5O2. The summed E-state index contributed by atoms with van der Waals surface area (Å²) in [5, 5.41) is 9.97. The van der Waals surface area contributed by atoms with Gasteiger partial charge in [-0.1, -0.05) is 23.8 Å². The van der Waals surface area contributed by atoms with Crippen molar-refractivity contribution in [3.63, 3.8) is 0 Å². The standard InChI is InChI=1S/C22H23N5O2/c1-15-7-9-17(10-8-15)24-21(28)16-5-4-12-27(14-16)22(29)20-13-19(25-26-20)18-6-2-3-11-23-18/h2-3,6-11,13,16H,4-5,12,14H2,1H3,(H,24,28)(H,25,26)/t16-/m0/s1. The smallest absolute Gasteiger partial charge is 0.271 e. The maximum Gasteiger partial charge on any atom is 0.271 e. The van der Waals surface area contributed by atoms with E-state index >= 15 is 0 Å². The summed E-state index contributed by atoms with van der Waals surface area (Å²) in [5.74, 6) is -0.426. The van der Waals surface area contributed by atoms with E-state index in [9.17, 15) is 9.59 Å². The predicted octanol–water partition coefficient (Wildman–Crippen LogP) is 3.27. The SMILES string of the molecule is Cc1ccc(NC(=O)[C@H]2CCCN(C(=O)c3cc(-c4ccccn4)n[nH]3)C2)cc1. The lowest BCUT2D eigenvalue weighted by Crippen LogP contribution is -2.43. The fourth-order valence-electron chi connectivity index (χ4n) is 3.50. The van der Waals surface area contributed by atoms with Crippen molar-refractivity contribution >= 4 is 17.5 Å².